The first-order valence-electron chi connectivity index (χ1n) is 3.58. The van der Waals surface area contributed by atoms with Crippen LogP contribution in [-0.2, 0) is 12.8 Å². The smallest absolute Gasteiger partial charge is 0.153 e. The highest BCUT2D eigenvalue weighted by Crippen LogP contribution is 2.24. The highest BCUT2D eigenvalue weighted by atomic mass is 19.1. The number of benzene rings is 1. The van der Waals surface area contributed by atoms with Crippen molar-refractivity contribution in [3.8, 4) is 0 Å². The van der Waals surface area contributed by atoms with Gasteiger partial charge < -0.3 is 0 Å². The molecule has 0 atom stereocenters. The van der Waals surface area contributed by atoms with Crippen molar-refractivity contribution >= 4 is 6.29 Å². The van der Waals surface area contributed by atoms with Crippen molar-refractivity contribution in [2.24, 2.45) is 0 Å². The summed E-state index contributed by atoms with van der Waals surface area (Å²) in [4.78, 5) is 10.3. The third kappa shape index (κ3) is 0.862. The molecule has 0 N–H and O–H groups in total. The Labute approximate surface area is 63.8 Å². The monoisotopic (exact) mass is 150 g/mol. The number of fused-ring (bicyclic) bond motifs is 1. The molecule has 0 saturated heterocycles. The molecule has 0 unspecified atom stereocenters. The second kappa shape index (κ2) is 2.16. The van der Waals surface area contributed by atoms with Crippen molar-refractivity contribution in [3.63, 3.8) is 0 Å². The van der Waals surface area contributed by atoms with Gasteiger partial charge in [-0.3, -0.25) is 4.79 Å². The van der Waals surface area contributed by atoms with E-state index in [0.717, 1.165) is 24.0 Å². The summed E-state index contributed by atoms with van der Waals surface area (Å²) in [5, 5.41) is 0. The van der Waals surface area contributed by atoms with Crippen LogP contribution in [0.4, 0.5) is 4.39 Å². The van der Waals surface area contributed by atoms with E-state index in [1.165, 1.54) is 6.07 Å². The van der Waals surface area contributed by atoms with Crippen molar-refractivity contribution in [1.29, 1.82) is 0 Å². The molecule has 2 rings (SSSR count). The first-order chi connectivity index (χ1) is 5.31. The lowest BCUT2D eigenvalue weighted by Gasteiger charge is -2.18. The van der Waals surface area contributed by atoms with E-state index in [2.05, 4.69) is 0 Å². The Bertz CT molecular complexity index is 318. The largest absolute Gasteiger partial charge is 0.298 e. The van der Waals surface area contributed by atoms with E-state index in [1.807, 2.05) is 0 Å². The molecule has 11 heavy (non-hydrogen) atoms. The first-order valence-corrected chi connectivity index (χ1v) is 3.58. The number of aryl methyl sites for hydroxylation is 2. The Kier molecular flexibility index (Phi) is 1.28. The topological polar surface area (TPSA) is 17.1 Å². The van der Waals surface area contributed by atoms with E-state index in [9.17, 15) is 9.18 Å². The molecular weight excluding hydrogens is 143 g/mol. The maximum absolute atomic E-state index is 12.8. The van der Waals surface area contributed by atoms with Gasteiger partial charge in [-0.1, -0.05) is 0 Å². The second-order valence-corrected chi connectivity index (χ2v) is 2.76. The minimum absolute atomic E-state index is 0.184. The van der Waals surface area contributed by atoms with Crippen LogP contribution in [0.25, 0.3) is 0 Å². The number of carbonyl (C=O) groups excluding carboxylic acids is 1. The molecule has 1 aromatic rings. The molecule has 1 aliphatic rings. The Morgan fingerprint density at radius 1 is 1.27 bits per heavy atom. The minimum Gasteiger partial charge on any atom is -0.298 e. The quantitative estimate of drug-likeness (QED) is 0.557. The van der Waals surface area contributed by atoms with Gasteiger partial charge in [-0.15, -0.1) is 0 Å². The van der Waals surface area contributed by atoms with Gasteiger partial charge in [0.25, 0.3) is 0 Å². The highest BCUT2D eigenvalue weighted by molar-refractivity contribution is 5.76. The summed E-state index contributed by atoms with van der Waals surface area (Å²) < 4.78 is 12.8. The van der Waals surface area contributed by atoms with Crippen LogP contribution in [0.5, 0.6) is 0 Å². The van der Waals surface area contributed by atoms with E-state index in [1.54, 1.807) is 6.07 Å². The van der Waals surface area contributed by atoms with Crippen LogP contribution in [0.2, 0.25) is 0 Å². The molecule has 0 heterocycles. The van der Waals surface area contributed by atoms with Crippen LogP contribution in [0.3, 0.4) is 0 Å². The number of rotatable bonds is 1. The fourth-order valence-corrected chi connectivity index (χ4v) is 1.33. The predicted molar refractivity (Wildman–Crippen MR) is 39.2 cm³/mol. The Balaban J connectivity index is 2.58. The summed E-state index contributed by atoms with van der Waals surface area (Å²) in [5.74, 6) is -0.390. The summed E-state index contributed by atoms with van der Waals surface area (Å²) in [6.07, 6.45) is 2.50. The van der Waals surface area contributed by atoms with E-state index in [4.69, 9.17) is 0 Å². The van der Waals surface area contributed by atoms with Crippen LogP contribution in [0.15, 0.2) is 12.1 Å². The van der Waals surface area contributed by atoms with E-state index < -0.39 is 5.82 Å². The molecule has 1 nitrogen and oxygen atoms in total. The molecular formula is C9H7FO. The average Bonchev–Trinajstić information content (AvgIpc) is 1.97. The Hall–Kier alpha value is -1.18. The second-order valence-electron chi connectivity index (χ2n) is 2.76. The third-order valence-electron chi connectivity index (χ3n) is 2.11. The van der Waals surface area contributed by atoms with Crippen LogP contribution in [0.1, 0.15) is 21.5 Å². The van der Waals surface area contributed by atoms with Gasteiger partial charge in [0.05, 0.1) is 5.56 Å². The molecule has 2 heteroatoms. The number of hydrogen-bond donors (Lipinski definition) is 0. The average molecular weight is 150 g/mol. The lowest BCUT2D eigenvalue weighted by Crippen LogP contribution is -2.09. The van der Waals surface area contributed by atoms with E-state index >= 15 is 0 Å². The molecule has 1 aliphatic carbocycles. The maximum atomic E-state index is 12.8. The van der Waals surface area contributed by atoms with Gasteiger partial charge in [-0.25, -0.2) is 4.39 Å². The molecule has 0 spiro atoms. The van der Waals surface area contributed by atoms with Crippen LogP contribution >= 0.6 is 0 Å². The lowest BCUT2D eigenvalue weighted by atomic mass is 9.87. The molecule has 0 saturated carbocycles. The molecule has 0 radical (unpaired) electrons. The fourth-order valence-electron chi connectivity index (χ4n) is 1.33. The fraction of sp³-hybridized carbons (Fsp3) is 0.222. The summed E-state index contributed by atoms with van der Waals surface area (Å²) in [5.41, 5.74) is 2.35. The molecule has 1 aromatic carbocycles. The number of halogens is 1. The van der Waals surface area contributed by atoms with Gasteiger partial charge in [-0.2, -0.15) is 0 Å². The zero-order chi connectivity index (χ0) is 7.84. The van der Waals surface area contributed by atoms with Gasteiger partial charge in [0.2, 0.25) is 0 Å². The summed E-state index contributed by atoms with van der Waals surface area (Å²) >= 11 is 0. The predicted octanol–water partition coefficient (Wildman–Crippen LogP) is 1.74. The van der Waals surface area contributed by atoms with Crippen molar-refractivity contribution in [1.82, 2.24) is 0 Å². The number of hydrogen-bond acceptors (Lipinski definition) is 1. The molecule has 56 valence electrons. The van der Waals surface area contributed by atoms with Crippen molar-refractivity contribution in [2.45, 2.75) is 12.8 Å². The van der Waals surface area contributed by atoms with Crippen molar-refractivity contribution < 1.29 is 9.18 Å². The van der Waals surface area contributed by atoms with Gasteiger partial charge >= 0.3 is 0 Å². The summed E-state index contributed by atoms with van der Waals surface area (Å²) in [7, 11) is 0. The number of aldehydes is 1. The molecule has 0 amide bonds. The van der Waals surface area contributed by atoms with Gasteiger partial charge in [0.1, 0.15) is 5.82 Å². The van der Waals surface area contributed by atoms with Crippen molar-refractivity contribution in [3.05, 3.63) is 34.6 Å². The molecule has 0 aromatic heterocycles. The zero-order valence-electron chi connectivity index (χ0n) is 5.93. The molecule has 0 aliphatic heterocycles. The third-order valence-corrected chi connectivity index (χ3v) is 2.11. The van der Waals surface area contributed by atoms with E-state index in [-0.39, 0.29) is 5.56 Å². The van der Waals surface area contributed by atoms with Crippen LogP contribution in [0, 0.1) is 5.82 Å². The van der Waals surface area contributed by atoms with Crippen LogP contribution in [-0.4, -0.2) is 6.29 Å². The molecule has 0 fully saturated rings. The van der Waals surface area contributed by atoms with Gasteiger partial charge in [-0.05, 0) is 36.1 Å². The Morgan fingerprint density at radius 2 is 1.91 bits per heavy atom. The Morgan fingerprint density at radius 3 is 2.45 bits per heavy atom. The zero-order valence-corrected chi connectivity index (χ0v) is 5.93. The molecule has 0 bridgehead atoms. The standard InChI is InChI=1S/C9H7FO/c10-9-4-7-2-1-6(7)3-8(9)5-11/h3-5H,1-2H2. The van der Waals surface area contributed by atoms with Gasteiger partial charge in [0.15, 0.2) is 6.29 Å². The van der Waals surface area contributed by atoms with Gasteiger partial charge in [0, 0.05) is 0 Å². The lowest BCUT2D eigenvalue weighted by molar-refractivity contribution is 0.111. The summed E-state index contributed by atoms with van der Waals surface area (Å²) in [6, 6.07) is 3.10. The minimum atomic E-state index is -0.390. The number of carbonyl (C=O) groups is 1. The van der Waals surface area contributed by atoms with E-state index in [0.29, 0.717) is 6.29 Å². The normalized spacial score (nSPS) is 13.5. The maximum Gasteiger partial charge on any atom is 0.153 e. The summed E-state index contributed by atoms with van der Waals surface area (Å²) in [6.45, 7) is 0. The van der Waals surface area contributed by atoms with Crippen LogP contribution < -0.4 is 0 Å². The first kappa shape index (κ1) is 6.53. The SMILES string of the molecule is O=Cc1cc2c(cc1F)CC2. The van der Waals surface area contributed by atoms with Crippen molar-refractivity contribution in [2.75, 3.05) is 0 Å². The highest BCUT2D eigenvalue weighted by Gasteiger charge is 2.15.